The van der Waals surface area contributed by atoms with E-state index >= 15 is 0 Å². The third-order valence-corrected chi connectivity index (χ3v) is 3.63. The van der Waals surface area contributed by atoms with Crippen LogP contribution in [0, 0.1) is 10.1 Å². The van der Waals surface area contributed by atoms with Gasteiger partial charge in [-0.05, 0) is 31.2 Å². The van der Waals surface area contributed by atoms with E-state index in [1.807, 2.05) is 24.4 Å². The summed E-state index contributed by atoms with van der Waals surface area (Å²) in [5.74, 6) is 0.223. The maximum atomic E-state index is 12.1. The van der Waals surface area contributed by atoms with Crippen LogP contribution in [0.2, 0.25) is 0 Å². The fourth-order valence-electron chi connectivity index (χ4n) is 2.44. The van der Waals surface area contributed by atoms with Gasteiger partial charge in [-0.3, -0.25) is 19.3 Å². The minimum Gasteiger partial charge on any atom is -0.343 e. The van der Waals surface area contributed by atoms with Gasteiger partial charge in [0.15, 0.2) is 11.5 Å². The molecule has 2 heterocycles. The molecule has 8 nitrogen and oxygen atoms in total. The molecule has 25 heavy (non-hydrogen) atoms. The van der Waals surface area contributed by atoms with Crippen LogP contribution >= 0.6 is 0 Å². The number of nitrogens with zero attached hydrogens (tertiary/aromatic N) is 4. The number of nitro groups is 1. The smallest absolute Gasteiger partial charge is 0.276 e. The molecule has 0 aliphatic carbocycles. The second-order valence-corrected chi connectivity index (χ2v) is 5.37. The Morgan fingerprint density at radius 1 is 1.24 bits per heavy atom. The first-order chi connectivity index (χ1) is 12.1. The summed E-state index contributed by atoms with van der Waals surface area (Å²) < 4.78 is 1.79. The van der Waals surface area contributed by atoms with Crippen molar-refractivity contribution >= 4 is 23.3 Å². The summed E-state index contributed by atoms with van der Waals surface area (Å²) in [6.45, 7) is 1.79. The van der Waals surface area contributed by atoms with Crippen LogP contribution in [-0.4, -0.2) is 25.4 Å². The zero-order valence-corrected chi connectivity index (χ0v) is 13.4. The average molecular weight is 337 g/mol. The quantitative estimate of drug-likeness (QED) is 0.438. The van der Waals surface area contributed by atoms with E-state index in [2.05, 4.69) is 15.5 Å². The van der Waals surface area contributed by atoms with E-state index in [-0.39, 0.29) is 17.6 Å². The lowest BCUT2D eigenvalue weighted by atomic mass is 10.1. The fraction of sp³-hybridized carbons (Fsp3) is 0.118. The van der Waals surface area contributed by atoms with Gasteiger partial charge in [0.1, 0.15) is 0 Å². The summed E-state index contributed by atoms with van der Waals surface area (Å²) in [6, 6.07) is 11.4. The number of amides is 1. The van der Waals surface area contributed by atoms with Crippen LogP contribution in [0.25, 0.3) is 11.7 Å². The number of hydrogen-bond donors (Lipinski definition) is 1. The van der Waals surface area contributed by atoms with E-state index < -0.39 is 4.92 Å². The summed E-state index contributed by atoms with van der Waals surface area (Å²) >= 11 is 0. The monoisotopic (exact) mass is 337 g/mol. The van der Waals surface area contributed by atoms with Crippen molar-refractivity contribution in [2.45, 2.75) is 13.0 Å². The first-order valence-corrected chi connectivity index (χ1v) is 7.58. The molecule has 0 radical (unpaired) electrons. The van der Waals surface area contributed by atoms with Crippen LogP contribution in [0.1, 0.15) is 24.4 Å². The number of nitro benzene ring substituents is 1. The van der Waals surface area contributed by atoms with Crippen molar-refractivity contribution in [3.05, 3.63) is 76.2 Å². The molecule has 0 saturated carbocycles. The van der Waals surface area contributed by atoms with Crippen molar-refractivity contribution in [1.82, 2.24) is 19.9 Å². The van der Waals surface area contributed by atoms with Crippen LogP contribution in [0.15, 0.2) is 54.7 Å². The molecule has 0 saturated heterocycles. The van der Waals surface area contributed by atoms with Gasteiger partial charge in [-0.2, -0.15) is 0 Å². The molecular weight excluding hydrogens is 322 g/mol. The van der Waals surface area contributed by atoms with Crippen molar-refractivity contribution < 1.29 is 9.72 Å². The third kappa shape index (κ3) is 3.52. The summed E-state index contributed by atoms with van der Waals surface area (Å²) in [5.41, 5.74) is 1.00. The van der Waals surface area contributed by atoms with Gasteiger partial charge in [-0.25, -0.2) is 0 Å². The average Bonchev–Trinajstić information content (AvgIpc) is 3.04. The highest BCUT2D eigenvalue weighted by molar-refractivity contribution is 5.92. The predicted octanol–water partition coefficient (Wildman–Crippen LogP) is 2.53. The summed E-state index contributed by atoms with van der Waals surface area (Å²) in [7, 11) is 0. The molecule has 0 bridgehead atoms. The topological polar surface area (TPSA) is 102 Å². The number of nitrogens with one attached hydrogen (secondary N) is 1. The van der Waals surface area contributed by atoms with Gasteiger partial charge in [0.25, 0.3) is 5.69 Å². The Labute approximate surface area is 143 Å². The SMILES string of the molecule is CC(NC(=O)/C=C/c1ccccc1[N+](=O)[O-])c1nnc2ccccn12. The number of aromatic nitrogens is 3. The maximum Gasteiger partial charge on any atom is 0.276 e. The molecule has 2 aromatic heterocycles. The highest BCUT2D eigenvalue weighted by atomic mass is 16.6. The molecule has 1 unspecified atom stereocenters. The Bertz CT molecular complexity index is 964. The molecule has 1 atom stereocenters. The Morgan fingerprint density at radius 3 is 2.80 bits per heavy atom. The Hall–Kier alpha value is -3.55. The number of carbonyl (C=O) groups is 1. The largest absolute Gasteiger partial charge is 0.343 e. The molecule has 8 heteroatoms. The molecular formula is C17H15N5O3. The highest BCUT2D eigenvalue weighted by Gasteiger charge is 2.15. The van der Waals surface area contributed by atoms with Gasteiger partial charge in [-0.1, -0.05) is 18.2 Å². The van der Waals surface area contributed by atoms with Gasteiger partial charge in [0.2, 0.25) is 5.91 Å². The summed E-state index contributed by atoms with van der Waals surface area (Å²) in [5, 5.41) is 21.9. The van der Waals surface area contributed by atoms with Crippen molar-refractivity contribution in [2.75, 3.05) is 0 Å². The lowest BCUT2D eigenvalue weighted by Gasteiger charge is -2.10. The van der Waals surface area contributed by atoms with E-state index in [9.17, 15) is 14.9 Å². The van der Waals surface area contributed by atoms with Gasteiger partial charge < -0.3 is 5.32 Å². The van der Waals surface area contributed by atoms with Crippen LogP contribution < -0.4 is 5.32 Å². The molecule has 1 aromatic carbocycles. The number of benzene rings is 1. The zero-order chi connectivity index (χ0) is 17.8. The summed E-state index contributed by atoms with van der Waals surface area (Å²) in [6.07, 6.45) is 4.50. The molecule has 0 aliphatic heterocycles. The number of para-hydroxylation sites is 1. The minimum atomic E-state index is -0.484. The van der Waals surface area contributed by atoms with Crippen LogP contribution in [0.3, 0.4) is 0 Å². The van der Waals surface area contributed by atoms with E-state index in [4.69, 9.17) is 0 Å². The highest BCUT2D eigenvalue weighted by Crippen LogP contribution is 2.19. The molecule has 3 aromatic rings. The van der Waals surface area contributed by atoms with Gasteiger partial charge >= 0.3 is 0 Å². The molecule has 0 spiro atoms. The fourth-order valence-corrected chi connectivity index (χ4v) is 2.44. The lowest BCUT2D eigenvalue weighted by Crippen LogP contribution is -2.26. The first-order valence-electron chi connectivity index (χ1n) is 7.58. The summed E-state index contributed by atoms with van der Waals surface area (Å²) in [4.78, 5) is 22.6. The molecule has 1 amide bonds. The predicted molar refractivity (Wildman–Crippen MR) is 91.7 cm³/mol. The van der Waals surface area contributed by atoms with E-state index in [1.165, 1.54) is 18.2 Å². The van der Waals surface area contributed by atoms with Crippen molar-refractivity contribution in [3.63, 3.8) is 0 Å². The van der Waals surface area contributed by atoms with Crippen LogP contribution in [0.5, 0.6) is 0 Å². The van der Waals surface area contributed by atoms with Crippen LogP contribution in [0.4, 0.5) is 5.69 Å². The Morgan fingerprint density at radius 2 is 2.00 bits per heavy atom. The van der Waals surface area contributed by atoms with E-state index in [0.29, 0.717) is 17.0 Å². The van der Waals surface area contributed by atoms with Gasteiger partial charge in [0, 0.05) is 18.3 Å². The number of rotatable bonds is 5. The Kier molecular flexibility index (Phi) is 4.51. The van der Waals surface area contributed by atoms with E-state index in [1.54, 1.807) is 29.5 Å². The second-order valence-electron chi connectivity index (χ2n) is 5.37. The van der Waals surface area contributed by atoms with Crippen molar-refractivity contribution in [3.8, 4) is 0 Å². The van der Waals surface area contributed by atoms with Crippen molar-refractivity contribution in [1.29, 1.82) is 0 Å². The molecule has 0 aliphatic rings. The lowest BCUT2D eigenvalue weighted by molar-refractivity contribution is -0.385. The number of hydrogen-bond acceptors (Lipinski definition) is 5. The van der Waals surface area contributed by atoms with Gasteiger partial charge in [0.05, 0.1) is 16.5 Å². The van der Waals surface area contributed by atoms with Crippen LogP contribution in [-0.2, 0) is 4.79 Å². The number of carbonyl (C=O) groups excluding carboxylic acids is 1. The number of fused-ring (bicyclic) bond motifs is 1. The first kappa shape index (κ1) is 16.3. The maximum absolute atomic E-state index is 12.1. The second kappa shape index (κ2) is 6.91. The number of pyridine rings is 1. The van der Waals surface area contributed by atoms with E-state index in [0.717, 1.165) is 0 Å². The molecule has 0 fully saturated rings. The standard InChI is InChI=1S/C17H15N5O3/c1-12(17-20-19-15-8-4-5-11-21(15)17)18-16(23)10-9-13-6-2-3-7-14(13)22(24)25/h2-12H,1H3,(H,18,23)/b10-9+. The molecule has 3 rings (SSSR count). The normalized spacial score (nSPS) is 12.4. The van der Waals surface area contributed by atoms with Gasteiger partial charge in [-0.15, -0.1) is 10.2 Å². The third-order valence-electron chi connectivity index (χ3n) is 3.63. The minimum absolute atomic E-state index is 0.0527. The molecule has 1 N–H and O–H groups in total. The zero-order valence-electron chi connectivity index (χ0n) is 13.4. The van der Waals surface area contributed by atoms with Crippen molar-refractivity contribution in [2.24, 2.45) is 0 Å². The molecule has 126 valence electrons. The Balaban J connectivity index is 1.73.